The molecule has 1 saturated heterocycles. The Morgan fingerprint density at radius 3 is 2.84 bits per heavy atom. The second kappa shape index (κ2) is 7.22. The minimum atomic E-state index is 0.400. The van der Waals surface area contributed by atoms with Gasteiger partial charge >= 0.3 is 0 Å². The van der Waals surface area contributed by atoms with Crippen LogP contribution in [0.1, 0.15) is 44.5 Å². The minimum Gasteiger partial charge on any atom is -0.378 e. The van der Waals surface area contributed by atoms with Gasteiger partial charge in [0.05, 0.1) is 6.10 Å². The zero-order chi connectivity index (χ0) is 13.7. The number of rotatable bonds is 6. The van der Waals surface area contributed by atoms with Crippen LogP contribution in [0.3, 0.4) is 0 Å². The number of hydrogen-bond donors (Lipinski definition) is 1. The molecule has 1 aromatic heterocycles. The number of piperidine rings is 1. The fraction of sp³-hybridized carbons (Fsp3) is 0.786. The third-order valence-electron chi connectivity index (χ3n) is 3.56. The van der Waals surface area contributed by atoms with Crippen LogP contribution in [-0.2, 0) is 4.74 Å². The lowest BCUT2D eigenvalue weighted by atomic mass is 10.1. The predicted octanol–water partition coefficient (Wildman–Crippen LogP) is 2.82. The van der Waals surface area contributed by atoms with Crippen molar-refractivity contribution in [1.82, 2.24) is 10.3 Å². The molecule has 4 nitrogen and oxygen atoms in total. The molecule has 1 aliphatic rings. The Kier molecular flexibility index (Phi) is 5.60. The summed E-state index contributed by atoms with van der Waals surface area (Å²) in [5.41, 5.74) is 0. The smallest absolute Gasteiger partial charge is 0.185 e. The summed E-state index contributed by atoms with van der Waals surface area (Å²) < 4.78 is 5.69. The molecule has 0 aliphatic carbocycles. The summed E-state index contributed by atoms with van der Waals surface area (Å²) in [5, 5.41) is 4.60. The van der Waals surface area contributed by atoms with Crippen LogP contribution in [0.25, 0.3) is 0 Å². The molecule has 108 valence electrons. The minimum absolute atomic E-state index is 0.400. The van der Waals surface area contributed by atoms with Crippen LogP contribution in [-0.4, -0.2) is 37.3 Å². The first-order chi connectivity index (χ1) is 9.24. The van der Waals surface area contributed by atoms with Crippen LogP contribution in [0.2, 0.25) is 0 Å². The molecule has 1 fully saturated rings. The maximum Gasteiger partial charge on any atom is 0.185 e. The van der Waals surface area contributed by atoms with E-state index in [1.807, 2.05) is 17.5 Å². The lowest BCUT2D eigenvalue weighted by Crippen LogP contribution is -2.36. The SMILES string of the molecule is CCNC(C)c1cnc(N2CCC(OCC)CC2)s1. The molecule has 0 aromatic carbocycles. The maximum atomic E-state index is 5.69. The Labute approximate surface area is 120 Å². The van der Waals surface area contributed by atoms with E-state index in [1.165, 1.54) is 4.88 Å². The fourth-order valence-corrected chi connectivity index (χ4v) is 3.47. The molecule has 1 unspecified atom stereocenters. The highest BCUT2D eigenvalue weighted by Gasteiger charge is 2.21. The third kappa shape index (κ3) is 3.91. The van der Waals surface area contributed by atoms with Gasteiger partial charge in [0, 0.05) is 36.8 Å². The number of anilines is 1. The molecule has 0 amide bonds. The predicted molar refractivity (Wildman–Crippen MR) is 81.1 cm³/mol. The molecule has 19 heavy (non-hydrogen) atoms. The number of aromatic nitrogens is 1. The van der Waals surface area contributed by atoms with Crippen molar-refractivity contribution in [2.45, 2.75) is 45.8 Å². The first-order valence-electron chi connectivity index (χ1n) is 7.30. The summed E-state index contributed by atoms with van der Waals surface area (Å²) in [6.07, 6.45) is 4.69. The molecule has 1 aliphatic heterocycles. The highest BCUT2D eigenvalue weighted by atomic mass is 32.1. The summed E-state index contributed by atoms with van der Waals surface area (Å²) in [4.78, 5) is 8.29. The van der Waals surface area contributed by atoms with E-state index in [2.05, 4.69) is 36.0 Å². The van der Waals surface area contributed by atoms with Crippen LogP contribution in [0, 0.1) is 0 Å². The lowest BCUT2D eigenvalue weighted by molar-refractivity contribution is 0.0459. The molecule has 0 bridgehead atoms. The van der Waals surface area contributed by atoms with Crippen LogP contribution in [0.4, 0.5) is 5.13 Å². The van der Waals surface area contributed by atoms with E-state index in [-0.39, 0.29) is 0 Å². The summed E-state index contributed by atoms with van der Waals surface area (Å²) in [6, 6.07) is 0.400. The van der Waals surface area contributed by atoms with Crippen molar-refractivity contribution in [3.8, 4) is 0 Å². The Morgan fingerprint density at radius 1 is 1.47 bits per heavy atom. The second-order valence-corrected chi connectivity index (χ2v) is 6.01. The van der Waals surface area contributed by atoms with Gasteiger partial charge in [0.15, 0.2) is 5.13 Å². The van der Waals surface area contributed by atoms with E-state index in [9.17, 15) is 0 Å². The zero-order valence-corrected chi connectivity index (χ0v) is 13.0. The number of nitrogens with zero attached hydrogens (tertiary/aromatic N) is 2. The van der Waals surface area contributed by atoms with Gasteiger partial charge in [-0.05, 0) is 33.2 Å². The van der Waals surface area contributed by atoms with Crippen molar-refractivity contribution in [1.29, 1.82) is 0 Å². The molecule has 2 heterocycles. The summed E-state index contributed by atoms with van der Waals surface area (Å²) in [5.74, 6) is 0. The molecule has 2 rings (SSSR count). The zero-order valence-electron chi connectivity index (χ0n) is 12.2. The van der Waals surface area contributed by atoms with Crippen molar-refractivity contribution >= 4 is 16.5 Å². The average molecular weight is 283 g/mol. The lowest BCUT2D eigenvalue weighted by Gasteiger charge is -2.31. The molecular formula is C14H25N3OS. The first-order valence-corrected chi connectivity index (χ1v) is 8.11. The van der Waals surface area contributed by atoms with Gasteiger partial charge in [0.1, 0.15) is 0 Å². The highest BCUT2D eigenvalue weighted by molar-refractivity contribution is 7.15. The van der Waals surface area contributed by atoms with Gasteiger partial charge in [0.25, 0.3) is 0 Å². The summed E-state index contributed by atoms with van der Waals surface area (Å²) in [6.45, 7) is 10.3. The Bertz CT molecular complexity index is 375. The van der Waals surface area contributed by atoms with Crippen molar-refractivity contribution in [2.24, 2.45) is 0 Å². The van der Waals surface area contributed by atoms with Gasteiger partial charge in [-0.1, -0.05) is 6.92 Å². The molecule has 1 N–H and O–H groups in total. The largest absolute Gasteiger partial charge is 0.378 e. The number of hydrogen-bond acceptors (Lipinski definition) is 5. The molecular weight excluding hydrogens is 258 g/mol. The molecule has 0 spiro atoms. The average Bonchev–Trinajstić information content (AvgIpc) is 2.90. The van der Waals surface area contributed by atoms with E-state index in [1.54, 1.807) is 0 Å². The quantitative estimate of drug-likeness (QED) is 0.871. The van der Waals surface area contributed by atoms with Gasteiger partial charge < -0.3 is 15.0 Å². The maximum absolute atomic E-state index is 5.69. The molecule has 1 aromatic rings. The highest BCUT2D eigenvalue weighted by Crippen LogP contribution is 2.29. The molecule has 0 saturated carbocycles. The van der Waals surface area contributed by atoms with E-state index in [0.717, 1.165) is 44.2 Å². The Morgan fingerprint density at radius 2 is 2.21 bits per heavy atom. The van der Waals surface area contributed by atoms with Gasteiger partial charge in [-0.2, -0.15) is 0 Å². The molecule has 0 radical (unpaired) electrons. The van der Waals surface area contributed by atoms with Crippen LogP contribution in [0.15, 0.2) is 6.20 Å². The third-order valence-corrected chi connectivity index (χ3v) is 4.80. The van der Waals surface area contributed by atoms with Gasteiger partial charge in [0.2, 0.25) is 0 Å². The van der Waals surface area contributed by atoms with Crippen molar-refractivity contribution in [2.75, 3.05) is 31.1 Å². The van der Waals surface area contributed by atoms with E-state index in [4.69, 9.17) is 4.74 Å². The van der Waals surface area contributed by atoms with Crippen molar-refractivity contribution < 1.29 is 4.74 Å². The Balaban J connectivity index is 1.89. The molecule has 5 heteroatoms. The van der Waals surface area contributed by atoms with Crippen LogP contribution >= 0.6 is 11.3 Å². The number of ether oxygens (including phenoxy) is 1. The van der Waals surface area contributed by atoms with E-state index >= 15 is 0 Å². The fourth-order valence-electron chi connectivity index (χ4n) is 2.48. The summed E-state index contributed by atoms with van der Waals surface area (Å²) in [7, 11) is 0. The monoisotopic (exact) mass is 283 g/mol. The topological polar surface area (TPSA) is 37.4 Å². The van der Waals surface area contributed by atoms with Gasteiger partial charge in [-0.3, -0.25) is 0 Å². The van der Waals surface area contributed by atoms with Crippen LogP contribution < -0.4 is 10.2 Å². The van der Waals surface area contributed by atoms with Gasteiger partial charge in [-0.15, -0.1) is 11.3 Å². The van der Waals surface area contributed by atoms with Crippen molar-refractivity contribution in [3.63, 3.8) is 0 Å². The summed E-state index contributed by atoms with van der Waals surface area (Å²) >= 11 is 1.81. The standard InChI is InChI=1S/C14H25N3OS/c1-4-15-11(3)13-10-16-14(19-13)17-8-6-12(7-9-17)18-5-2/h10-12,15H,4-9H2,1-3H3. The number of nitrogens with one attached hydrogen (secondary N) is 1. The molecule has 1 atom stereocenters. The normalized spacial score (nSPS) is 18.8. The van der Waals surface area contributed by atoms with Gasteiger partial charge in [-0.25, -0.2) is 4.98 Å². The van der Waals surface area contributed by atoms with E-state index in [0.29, 0.717) is 12.1 Å². The second-order valence-electron chi connectivity index (χ2n) is 4.97. The Hall–Kier alpha value is -0.650. The van der Waals surface area contributed by atoms with Crippen LogP contribution in [0.5, 0.6) is 0 Å². The van der Waals surface area contributed by atoms with Crippen molar-refractivity contribution in [3.05, 3.63) is 11.1 Å². The first kappa shape index (κ1) is 14.8. The number of thiazole rings is 1. The van der Waals surface area contributed by atoms with E-state index < -0.39 is 0 Å².